The SMILES string of the molecule is C[C@@H](CCCOCS(=O)O)CC(=O)O. The second kappa shape index (κ2) is 7.90. The van der Waals surface area contributed by atoms with Gasteiger partial charge < -0.3 is 14.4 Å². The van der Waals surface area contributed by atoms with Crippen LogP contribution in [0.2, 0.25) is 0 Å². The Bertz CT molecular complexity index is 194. The molecule has 0 spiro atoms. The molecule has 0 saturated heterocycles. The monoisotopic (exact) mass is 224 g/mol. The van der Waals surface area contributed by atoms with E-state index in [2.05, 4.69) is 0 Å². The summed E-state index contributed by atoms with van der Waals surface area (Å²) in [5.41, 5.74) is 0. The van der Waals surface area contributed by atoms with Crippen LogP contribution in [-0.4, -0.2) is 32.4 Å². The number of carboxylic acids is 1. The highest BCUT2D eigenvalue weighted by Crippen LogP contribution is 2.09. The summed E-state index contributed by atoms with van der Waals surface area (Å²) in [7, 11) is 0. The first kappa shape index (κ1) is 13.5. The summed E-state index contributed by atoms with van der Waals surface area (Å²) in [5, 5.41) is 8.45. The van der Waals surface area contributed by atoms with E-state index in [9.17, 15) is 9.00 Å². The van der Waals surface area contributed by atoms with E-state index in [0.717, 1.165) is 6.42 Å². The molecule has 0 amide bonds. The zero-order valence-electron chi connectivity index (χ0n) is 8.14. The highest BCUT2D eigenvalue weighted by molar-refractivity contribution is 7.79. The van der Waals surface area contributed by atoms with Crippen LogP contribution in [0.1, 0.15) is 26.2 Å². The van der Waals surface area contributed by atoms with Crippen molar-refractivity contribution in [1.82, 2.24) is 0 Å². The fraction of sp³-hybridized carbons (Fsp3) is 0.875. The molecule has 0 aromatic rings. The molecular weight excluding hydrogens is 208 g/mol. The van der Waals surface area contributed by atoms with Crippen molar-refractivity contribution in [3.8, 4) is 0 Å². The van der Waals surface area contributed by atoms with E-state index in [1.165, 1.54) is 0 Å². The third kappa shape index (κ3) is 9.63. The molecular formula is C8H16O5S. The lowest BCUT2D eigenvalue weighted by molar-refractivity contribution is -0.138. The van der Waals surface area contributed by atoms with Crippen LogP contribution >= 0.6 is 0 Å². The second-order valence-electron chi connectivity index (χ2n) is 3.19. The molecule has 14 heavy (non-hydrogen) atoms. The average Bonchev–Trinajstić information content (AvgIpc) is 2.01. The van der Waals surface area contributed by atoms with E-state index >= 15 is 0 Å². The van der Waals surface area contributed by atoms with Crippen LogP contribution in [0.25, 0.3) is 0 Å². The molecule has 0 aromatic carbocycles. The molecule has 1 unspecified atom stereocenters. The van der Waals surface area contributed by atoms with Crippen molar-refractivity contribution in [2.45, 2.75) is 26.2 Å². The Labute approximate surface area is 85.7 Å². The van der Waals surface area contributed by atoms with E-state index in [1.807, 2.05) is 6.92 Å². The third-order valence-corrected chi connectivity index (χ3v) is 2.06. The summed E-state index contributed by atoms with van der Waals surface area (Å²) in [6.07, 6.45) is 1.63. The standard InChI is InChI=1S/C8H16O5S/c1-7(5-8(9)10)3-2-4-13-6-14(11)12/h7H,2-6H2,1H3,(H,9,10)(H,11,12)/t7-/m0/s1. The van der Waals surface area contributed by atoms with Crippen molar-refractivity contribution in [2.24, 2.45) is 5.92 Å². The van der Waals surface area contributed by atoms with Crippen LogP contribution < -0.4 is 0 Å². The zero-order chi connectivity index (χ0) is 11.0. The van der Waals surface area contributed by atoms with Gasteiger partial charge in [-0.2, -0.15) is 0 Å². The Hall–Kier alpha value is -0.460. The van der Waals surface area contributed by atoms with Crippen LogP contribution in [0.5, 0.6) is 0 Å². The van der Waals surface area contributed by atoms with Gasteiger partial charge >= 0.3 is 5.97 Å². The molecule has 0 rings (SSSR count). The van der Waals surface area contributed by atoms with E-state index < -0.39 is 17.0 Å². The lowest BCUT2D eigenvalue weighted by atomic mass is 10.0. The minimum absolute atomic E-state index is 0.121. The van der Waals surface area contributed by atoms with Crippen molar-refractivity contribution in [3.63, 3.8) is 0 Å². The van der Waals surface area contributed by atoms with Gasteiger partial charge in [0.15, 0.2) is 11.1 Å². The topological polar surface area (TPSA) is 83.8 Å². The lowest BCUT2D eigenvalue weighted by Gasteiger charge is -2.07. The first-order valence-corrected chi connectivity index (χ1v) is 5.67. The average molecular weight is 224 g/mol. The summed E-state index contributed by atoms with van der Waals surface area (Å²) in [6.45, 7) is 2.26. The minimum atomic E-state index is -1.91. The van der Waals surface area contributed by atoms with E-state index in [-0.39, 0.29) is 18.3 Å². The summed E-state index contributed by atoms with van der Waals surface area (Å²) < 4.78 is 23.4. The van der Waals surface area contributed by atoms with E-state index in [4.69, 9.17) is 14.4 Å². The molecule has 5 nitrogen and oxygen atoms in total. The fourth-order valence-corrected chi connectivity index (χ4v) is 1.32. The van der Waals surface area contributed by atoms with Crippen LogP contribution in [0, 0.1) is 5.92 Å². The Balaban J connectivity index is 3.27. The highest BCUT2D eigenvalue weighted by atomic mass is 32.2. The molecule has 0 aliphatic heterocycles. The molecule has 0 heterocycles. The summed E-state index contributed by atoms with van der Waals surface area (Å²) in [6, 6.07) is 0. The van der Waals surface area contributed by atoms with Gasteiger partial charge in [-0.25, -0.2) is 4.21 Å². The number of ether oxygens (including phenoxy) is 1. The van der Waals surface area contributed by atoms with Crippen molar-refractivity contribution >= 4 is 17.0 Å². The zero-order valence-corrected chi connectivity index (χ0v) is 8.96. The van der Waals surface area contributed by atoms with Crippen molar-refractivity contribution in [3.05, 3.63) is 0 Å². The summed E-state index contributed by atoms with van der Waals surface area (Å²) in [5.74, 6) is -0.849. The van der Waals surface area contributed by atoms with Gasteiger partial charge in [0.1, 0.15) is 5.94 Å². The van der Waals surface area contributed by atoms with Crippen LogP contribution in [-0.2, 0) is 20.6 Å². The van der Waals surface area contributed by atoms with Crippen molar-refractivity contribution < 1.29 is 23.4 Å². The Morgan fingerprint density at radius 1 is 1.57 bits per heavy atom. The van der Waals surface area contributed by atoms with Gasteiger partial charge in [-0.05, 0) is 18.8 Å². The maximum absolute atomic E-state index is 10.3. The predicted octanol–water partition coefficient (Wildman–Crippen LogP) is 1.07. The van der Waals surface area contributed by atoms with Gasteiger partial charge in [0.25, 0.3) is 0 Å². The number of carboxylic acid groups (broad SMARTS) is 1. The maximum atomic E-state index is 10.3. The highest BCUT2D eigenvalue weighted by Gasteiger charge is 2.06. The largest absolute Gasteiger partial charge is 0.481 e. The number of rotatable bonds is 8. The molecule has 0 bridgehead atoms. The van der Waals surface area contributed by atoms with Gasteiger partial charge in [-0.15, -0.1) is 0 Å². The number of carbonyl (C=O) groups is 1. The smallest absolute Gasteiger partial charge is 0.303 e. The summed E-state index contributed by atoms with van der Waals surface area (Å²) in [4.78, 5) is 10.3. The van der Waals surface area contributed by atoms with Gasteiger partial charge in [-0.1, -0.05) is 6.92 Å². The molecule has 0 saturated carbocycles. The van der Waals surface area contributed by atoms with Crippen molar-refractivity contribution in [2.75, 3.05) is 12.5 Å². The third-order valence-electron chi connectivity index (χ3n) is 1.69. The Morgan fingerprint density at radius 2 is 2.21 bits per heavy atom. The van der Waals surface area contributed by atoms with Crippen LogP contribution in [0.3, 0.4) is 0 Å². The predicted molar refractivity (Wildman–Crippen MR) is 52.2 cm³/mol. The van der Waals surface area contributed by atoms with Gasteiger partial charge in [0, 0.05) is 13.0 Å². The molecule has 0 aromatic heterocycles. The van der Waals surface area contributed by atoms with E-state index in [0.29, 0.717) is 13.0 Å². The van der Waals surface area contributed by atoms with Gasteiger partial charge in [0.05, 0.1) is 0 Å². The first-order chi connectivity index (χ1) is 6.52. The molecule has 0 aliphatic carbocycles. The lowest BCUT2D eigenvalue weighted by Crippen LogP contribution is -2.07. The number of hydrogen-bond donors (Lipinski definition) is 2. The molecule has 2 N–H and O–H groups in total. The number of aliphatic carboxylic acids is 1. The first-order valence-electron chi connectivity index (χ1n) is 4.39. The molecule has 0 fully saturated rings. The van der Waals surface area contributed by atoms with Gasteiger partial charge in [0.2, 0.25) is 0 Å². The molecule has 2 atom stereocenters. The maximum Gasteiger partial charge on any atom is 0.303 e. The minimum Gasteiger partial charge on any atom is -0.481 e. The normalized spacial score (nSPS) is 15.0. The number of hydrogen-bond acceptors (Lipinski definition) is 3. The van der Waals surface area contributed by atoms with Crippen LogP contribution in [0.4, 0.5) is 0 Å². The molecule has 6 heteroatoms. The molecule has 0 radical (unpaired) electrons. The fourth-order valence-electron chi connectivity index (χ4n) is 1.06. The Morgan fingerprint density at radius 3 is 2.71 bits per heavy atom. The van der Waals surface area contributed by atoms with Crippen LogP contribution in [0.15, 0.2) is 0 Å². The molecule has 0 aliphatic rings. The quantitative estimate of drug-likeness (QED) is 0.476. The molecule has 84 valence electrons. The van der Waals surface area contributed by atoms with Crippen molar-refractivity contribution in [1.29, 1.82) is 0 Å². The Kier molecular flexibility index (Phi) is 7.64. The summed E-state index contributed by atoms with van der Waals surface area (Å²) >= 11 is -1.91. The van der Waals surface area contributed by atoms with E-state index in [1.54, 1.807) is 0 Å². The van der Waals surface area contributed by atoms with Gasteiger partial charge in [-0.3, -0.25) is 4.79 Å². The second-order valence-corrected chi connectivity index (χ2v) is 4.07.